The van der Waals surface area contributed by atoms with Crippen molar-refractivity contribution in [2.75, 3.05) is 0 Å². The van der Waals surface area contributed by atoms with Gasteiger partial charge in [0.15, 0.2) is 0 Å². The molecule has 0 saturated carbocycles. The average Bonchev–Trinajstić information content (AvgIpc) is 3.80. The van der Waals surface area contributed by atoms with Crippen molar-refractivity contribution in [3.63, 3.8) is 0 Å². The summed E-state index contributed by atoms with van der Waals surface area (Å²) in [4.78, 5) is 9.49. The number of para-hydroxylation sites is 3. The minimum Gasteiger partial charge on any atom is -0.333 e. The molecule has 0 amide bonds. The molecule has 3 aromatic heterocycles. The summed E-state index contributed by atoms with van der Waals surface area (Å²) >= 11 is 1.65. The zero-order chi connectivity index (χ0) is 43.4. The number of hydrogen-bond acceptors (Lipinski definition) is 3. The summed E-state index contributed by atoms with van der Waals surface area (Å²) in [5.41, 5.74) is 7.71. The van der Waals surface area contributed by atoms with E-state index in [2.05, 4.69) is 122 Å². The molecule has 0 fully saturated rings. The van der Waals surface area contributed by atoms with Crippen LogP contribution in [0.2, 0.25) is 0 Å². The van der Waals surface area contributed by atoms with Crippen molar-refractivity contribution in [1.29, 1.82) is 0 Å². The number of benzene rings is 6. The Bertz CT molecular complexity index is 3020. The quantitative estimate of drug-likeness (QED) is 0.156. The molecule has 3 heterocycles. The third kappa shape index (κ3) is 8.12. The van der Waals surface area contributed by atoms with Crippen molar-refractivity contribution >= 4 is 53.3 Å². The molecule has 6 aromatic carbocycles. The first kappa shape index (κ1) is 34.1. The first-order valence-corrected chi connectivity index (χ1v) is 20.1. The summed E-state index contributed by atoms with van der Waals surface area (Å²) in [6.45, 7) is 11.9. The fourth-order valence-corrected chi connectivity index (χ4v) is 8.69. The molecule has 0 spiro atoms. The van der Waals surface area contributed by atoms with Gasteiger partial charge in [-0.05, 0) is 98.0 Å². The van der Waals surface area contributed by atoms with E-state index in [1.54, 1.807) is 38.2 Å². The van der Waals surface area contributed by atoms with Gasteiger partial charge >= 0.3 is 0 Å². The Morgan fingerprint density at radius 3 is 2.16 bits per heavy atom. The molecule has 0 atom stereocenters. The normalized spacial score (nSPS) is 13.5. The number of aromatic nitrogens is 3. The summed E-state index contributed by atoms with van der Waals surface area (Å²) in [7, 11) is 0. The molecule has 0 N–H and O–H groups in total. The van der Waals surface area contributed by atoms with Gasteiger partial charge in [0.05, 0.1) is 16.9 Å². The Morgan fingerprint density at radius 1 is 0.772 bits per heavy atom. The van der Waals surface area contributed by atoms with Crippen LogP contribution in [-0.4, -0.2) is 14.5 Å². The summed E-state index contributed by atoms with van der Waals surface area (Å²) < 4.78 is 46.0. The number of aryl methyl sites for hydroxylation is 1. The molecule has 289 valence electrons. The maximum absolute atomic E-state index is 8.81. The molecule has 0 aliphatic heterocycles. The number of imidazole rings is 1. The Balaban J connectivity index is 0.000000188. The molecule has 0 bridgehead atoms. The smallest absolute Gasteiger partial charge is 0.0774 e. The van der Waals surface area contributed by atoms with Gasteiger partial charge in [-0.15, -0.1) is 59.7 Å². The van der Waals surface area contributed by atoms with Gasteiger partial charge in [0, 0.05) is 43.5 Å². The van der Waals surface area contributed by atoms with Crippen LogP contribution in [0, 0.1) is 24.4 Å². The minimum absolute atomic E-state index is 0. The van der Waals surface area contributed by atoms with Crippen molar-refractivity contribution in [2.24, 2.45) is 5.41 Å². The molecule has 0 aliphatic rings. The predicted molar refractivity (Wildman–Crippen MR) is 240 cm³/mol. The van der Waals surface area contributed by atoms with Gasteiger partial charge in [0.1, 0.15) is 0 Å². The third-order valence-corrected chi connectivity index (χ3v) is 11.2. The van der Waals surface area contributed by atoms with Crippen LogP contribution >= 0.6 is 11.3 Å². The predicted octanol–water partition coefficient (Wildman–Crippen LogP) is 14.7. The maximum Gasteiger partial charge on any atom is 0.0774 e. The van der Waals surface area contributed by atoms with E-state index in [4.69, 9.17) is 11.8 Å². The molecule has 1 radical (unpaired) electrons. The van der Waals surface area contributed by atoms with E-state index in [0.29, 0.717) is 17.5 Å². The number of hydrogen-bond donors (Lipinski definition) is 0. The molecule has 57 heavy (non-hydrogen) atoms. The van der Waals surface area contributed by atoms with Crippen LogP contribution in [0.5, 0.6) is 0 Å². The van der Waals surface area contributed by atoms with Gasteiger partial charge in [-0.1, -0.05) is 120 Å². The van der Waals surface area contributed by atoms with Crippen LogP contribution in [0.1, 0.15) is 89.4 Å². The topological polar surface area (TPSA) is 30.7 Å². The molecule has 9 rings (SSSR count). The summed E-state index contributed by atoms with van der Waals surface area (Å²) in [5.74, 6) is 1.80. The molecular formula is C52H49IrN3S-2. The molecule has 9 aromatic rings. The molecule has 0 saturated heterocycles. The number of thiophene rings is 1. The van der Waals surface area contributed by atoms with Gasteiger partial charge in [-0.25, -0.2) is 0 Å². The standard InChI is InChI=1S/C27H24NS.C25H25N2.Ir/c1-17-16-28-24(13-20(17)15-27(2,3)4)22-11-7-10-21-23-12-18-8-5-6-9-19(18)14-25(23)29-26(21)22;1-17(2)20-13-10-14-21(18(3)4)24(20)27-23-16-9-8-15-22(23)26-25(27)19-11-6-5-7-12-19;/h5-10,12-14,16H,15H2,1-4H3;5-11,13-18H,1-4H3;/q2*-1;/i1D3,15D2;;. The minimum atomic E-state index is -2.47. The van der Waals surface area contributed by atoms with Crippen LogP contribution in [0.15, 0.2) is 128 Å². The summed E-state index contributed by atoms with van der Waals surface area (Å²) in [6, 6.07) is 48.0. The fourth-order valence-electron chi connectivity index (χ4n) is 7.45. The van der Waals surface area contributed by atoms with Gasteiger partial charge in [0.25, 0.3) is 0 Å². The second-order valence-corrected chi connectivity index (χ2v) is 17.1. The summed E-state index contributed by atoms with van der Waals surface area (Å²) in [6.07, 6.45) is -0.560. The van der Waals surface area contributed by atoms with Crippen LogP contribution < -0.4 is 0 Å². The zero-order valence-electron chi connectivity index (χ0n) is 38.4. The molecule has 0 aliphatic carbocycles. The van der Waals surface area contributed by atoms with Crippen molar-refractivity contribution < 1.29 is 27.0 Å². The van der Waals surface area contributed by atoms with E-state index >= 15 is 0 Å². The first-order valence-electron chi connectivity index (χ1n) is 21.8. The molecule has 0 unspecified atom stereocenters. The SMILES string of the molecule is CC(C)c1cccc(C(C)C)c1-n1c(-c2[c-]cccc2)nc2ccccc21.[2H]C([2H])([2H])c1cnc(-c2[c-]ccc3c2sc2cc4ccccc4cc23)cc1C([2H])([2H])C(C)(C)C.[Ir]. The molecule has 3 nitrogen and oxygen atoms in total. The van der Waals surface area contributed by atoms with Gasteiger partial charge in [-0.2, -0.15) is 11.3 Å². The second kappa shape index (κ2) is 16.5. The number of fused-ring (bicyclic) bond motifs is 5. The van der Waals surface area contributed by atoms with E-state index in [9.17, 15) is 0 Å². The molecule has 5 heteroatoms. The Labute approximate surface area is 362 Å². The van der Waals surface area contributed by atoms with E-state index in [-0.39, 0.29) is 31.2 Å². The second-order valence-electron chi connectivity index (χ2n) is 16.0. The Kier molecular flexibility index (Phi) is 9.89. The van der Waals surface area contributed by atoms with Crippen LogP contribution in [0.25, 0.3) is 70.3 Å². The number of nitrogens with zero attached hydrogens (tertiary/aromatic N) is 3. The van der Waals surface area contributed by atoms with Crippen LogP contribution in [0.4, 0.5) is 0 Å². The average molecular weight is 945 g/mol. The first-order chi connectivity index (χ1) is 29.0. The fraction of sp³-hybridized carbons (Fsp3) is 0.231. The zero-order valence-corrected chi connectivity index (χ0v) is 36.6. The number of rotatable bonds is 6. The van der Waals surface area contributed by atoms with E-state index < -0.39 is 18.6 Å². The van der Waals surface area contributed by atoms with Crippen molar-refractivity contribution in [3.05, 3.63) is 162 Å². The maximum atomic E-state index is 8.81. The largest absolute Gasteiger partial charge is 0.333 e. The van der Waals surface area contributed by atoms with E-state index in [1.807, 2.05) is 42.5 Å². The molecular weight excluding hydrogens is 891 g/mol. The number of pyridine rings is 1. The van der Waals surface area contributed by atoms with Crippen LogP contribution in [0.3, 0.4) is 0 Å². The van der Waals surface area contributed by atoms with Crippen molar-refractivity contribution in [3.8, 4) is 28.3 Å². The Morgan fingerprint density at radius 2 is 1.47 bits per heavy atom. The van der Waals surface area contributed by atoms with E-state index in [1.165, 1.54) is 33.8 Å². The van der Waals surface area contributed by atoms with Crippen molar-refractivity contribution in [2.45, 2.75) is 73.5 Å². The van der Waals surface area contributed by atoms with Gasteiger partial charge in [-0.3, -0.25) is 4.98 Å². The van der Waals surface area contributed by atoms with Gasteiger partial charge in [0.2, 0.25) is 0 Å². The van der Waals surface area contributed by atoms with E-state index in [0.717, 1.165) is 48.2 Å². The van der Waals surface area contributed by atoms with Crippen LogP contribution in [-0.2, 0) is 26.5 Å². The third-order valence-electron chi connectivity index (χ3n) is 10.0. The van der Waals surface area contributed by atoms with Gasteiger partial charge < -0.3 is 9.55 Å². The monoisotopic (exact) mass is 945 g/mol. The van der Waals surface area contributed by atoms with Crippen molar-refractivity contribution in [1.82, 2.24) is 14.5 Å². The summed E-state index contributed by atoms with van der Waals surface area (Å²) in [5, 5.41) is 4.58. The Hall–Kier alpha value is -4.93.